The van der Waals surface area contributed by atoms with Gasteiger partial charge in [-0.05, 0) is 12.8 Å². The van der Waals surface area contributed by atoms with Gasteiger partial charge in [-0.3, -0.25) is 9.59 Å². The second kappa shape index (κ2) is 7.94. The largest absolute Gasteiger partial charge is 0.361 e. The SMILES string of the molecule is CCC(=O)N1CCC[C@@](Cc2cc(-c3ccccc3)no2)(C(=O)N(C)C)C1. The van der Waals surface area contributed by atoms with E-state index in [0.717, 1.165) is 24.1 Å². The van der Waals surface area contributed by atoms with Crippen molar-refractivity contribution < 1.29 is 14.1 Å². The van der Waals surface area contributed by atoms with Gasteiger partial charge in [0.2, 0.25) is 11.8 Å². The van der Waals surface area contributed by atoms with Crippen molar-refractivity contribution in [2.45, 2.75) is 32.6 Å². The first kappa shape index (κ1) is 19.1. The number of piperidine rings is 1. The molecule has 1 aliphatic heterocycles. The Bertz CT molecular complexity index is 800. The minimum absolute atomic E-state index is 0.0359. The third kappa shape index (κ3) is 4.04. The average Bonchev–Trinajstić information content (AvgIpc) is 3.15. The number of aromatic nitrogens is 1. The number of hydrogen-bond donors (Lipinski definition) is 0. The molecule has 0 saturated carbocycles. The molecule has 0 spiro atoms. The Morgan fingerprint density at radius 1 is 1.26 bits per heavy atom. The Labute approximate surface area is 160 Å². The van der Waals surface area contributed by atoms with Crippen LogP contribution in [0.3, 0.4) is 0 Å². The van der Waals surface area contributed by atoms with Gasteiger partial charge in [0.25, 0.3) is 0 Å². The quantitative estimate of drug-likeness (QED) is 0.813. The number of hydrogen-bond acceptors (Lipinski definition) is 4. The highest BCUT2D eigenvalue weighted by Gasteiger charge is 2.45. The van der Waals surface area contributed by atoms with E-state index in [1.807, 2.05) is 48.2 Å². The third-order valence-corrected chi connectivity index (χ3v) is 5.23. The van der Waals surface area contributed by atoms with Gasteiger partial charge in [0.15, 0.2) is 0 Å². The van der Waals surface area contributed by atoms with Crippen molar-refractivity contribution >= 4 is 11.8 Å². The van der Waals surface area contributed by atoms with Gasteiger partial charge in [-0.1, -0.05) is 42.4 Å². The van der Waals surface area contributed by atoms with Gasteiger partial charge < -0.3 is 14.3 Å². The van der Waals surface area contributed by atoms with Crippen LogP contribution in [0.5, 0.6) is 0 Å². The fourth-order valence-electron chi connectivity index (χ4n) is 3.91. The summed E-state index contributed by atoms with van der Waals surface area (Å²) in [5.74, 6) is 0.803. The summed E-state index contributed by atoms with van der Waals surface area (Å²) < 4.78 is 5.57. The molecule has 1 aromatic carbocycles. The molecule has 2 aromatic rings. The Hall–Kier alpha value is -2.63. The lowest BCUT2D eigenvalue weighted by atomic mass is 9.75. The van der Waals surface area contributed by atoms with Crippen LogP contribution in [0.25, 0.3) is 11.3 Å². The fourth-order valence-corrected chi connectivity index (χ4v) is 3.91. The molecule has 3 rings (SSSR count). The van der Waals surface area contributed by atoms with Crippen LogP contribution >= 0.6 is 0 Å². The number of benzene rings is 1. The summed E-state index contributed by atoms with van der Waals surface area (Å²) in [4.78, 5) is 28.8. The maximum atomic E-state index is 13.1. The van der Waals surface area contributed by atoms with Crippen LogP contribution in [0.1, 0.15) is 31.9 Å². The molecule has 6 heteroatoms. The highest BCUT2D eigenvalue weighted by molar-refractivity contribution is 5.84. The van der Waals surface area contributed by atoms with E-state index in [1.165, 1.54) is 0 Å². The van der Waals surface area contributed by atoms with Crippen LogP contribution in [-0.4, -0.2) is 54.0 Å². The predicted octanol–water partition coefficient (Wildman–Crippen LogP) is 2.99. The van der Waals surface area contributed by atoms with Crippen LogP contribution in [0.2, 0.25) is 0 Å². The zero-order valence-electron chi connectivity index (χ0n) is 16.3. The highest BCUT2D eigenvalue weighted by atomic mass is 16.5. The van der Waals surface area contributed by atoms with Crippen molar-refractivity contribution in [3.63, 3.8) is 0 Å². The molecule has 2 heterocycles. The van der Waals surface area contributed by atoms with Gasteiger partial charge in [0.1, 0.15) is 11.5 Å². The topological polar surface area (TPSA) is 66.7 Å². The Morgan fingerprint density at radius 2 is 2.00 bits per heavy atom. The Kier molecular flexibility index (Phi) is 5.63. The summed E-state index contributed by atoms with van der Waals surface area (Å²) in [5, 5.41) is 4.18. The van der Waals surface area contributed by atoms with E-state index in [9.17, 15) is 9.59 Å². The van der Waals surface area contributed by atoms with Crippen molar-refractivity contribution in [3.8, 4) is 11.3 Å². The molecular weight excluding hydrogens is 342 g/mol. The number of carbonyl (C=O) groups is 2. The van der Waals surface area contributed by atoms with Crippen molar-refractivity contribution in [2.75, 3.05) is 27.2 Å². The molecule has 0 N–H and O–H groups in total. The zero-order valence-corrected chi connectivity index (χ0v) is 16.3. The molecule has 0 radical (unpaired) electrons. The van der Waals surface area contributed by atoms with E-state index in [-0.39, 0.29) is 11.8 Å². The van der Waals surface area contributed by atoms with Crippen molar-refractivity contribution in [3.05, 3.63) is 42.2 Å². The summed E-state index contributed by atoms with van der Waals surface area (Å²) >= 11 is 0. The maximum absolute atomic E-state index is 13.1. The van der Waals surface area contributed by atoms with Crippen LogP contribution in [-0.2, 0) is 16.0 Å². The van der Waals surface area contributed by atoms with E-state index in [0.29, 0.717) is 31.7 Å². The Balaban J connectivity index is 1.87. The third-order valence-electron chi connectivity index (χ3n) is 5.23. The molecule has 2 amide bonds. The zero-order chi connectivity index (χ0) is 19.4. The molecule has 1 saturated heterocycles. The molecule has 144 valence electrons. The summed E-state index contributed by atoms with van der Waals surface area (Å²) in [5.41, 5.74) is 1.07. The minimum Gasteiger partial charge on any atom is -0.361 e. The van der Waals surface area contributed by atoms with Crippen molar-refractivity contribution in [2.24, 2.45) is 5.41 Å². The number of amides is 2. The predicted molar refractivity (Wildman–Crippen MR) is 103 cm³/mol. The van der Waals surface area contributed by atoms with E-state index in [4.69, 9.17) is 4.52 Å². The number of likely N-dealkylation sites (tertiary alicyclic amines) is 1. The molecule has 1 aliphatic rings. The first-order chi connectivity index (χ1) is 12.9. The Morgan fingerprint density at radius 3 is 2.67 bits per heavy atom. The van der Waals surface area contributed by atoms with Crippen LogP contribution in [0.4, 0.5) is 0 Å². The maximum Gasteiger partial charge on any atom is 0.230 e. The molecule has 1 fully saturated rings. The number of rotatable bonds is 5. The van der Waals surface area contributed by atoms with Gasteiger partial charge >= 0.3 is 0 Å². The van der Waals surface area contributed by atoms with Gasteiger partial charge in [-0.2, -0.15) is 0 Å². The highest BCUT2D eigenvalue weighted by Crippen LogP contribution is 2.36. The van der Waals surface area contributed by atoms with E-state index < -0.39 is 5.41 Å². The molecule has 0 unspecified atom stereocenters. The molecular formula is C21H27N3O3. The summed E-state index contributed by atoms with van der Waals surface area (Å²) in [7, 11) is 3.53. The van der Waals surface area contributed by atoms with Crippen molar-refractivity contribution in [1.82, 2.24) is 15.0 Å². The second-order valence-corrected chi connectivity index (χ2v) is 7.47. The molecule has 6 nitrogen and oxygen atoms in total. The van der Waals surface area contributed by atoms with Gasteiger partial charge in [0.05, 0.1) is 5.41 Å². The summed E-state index contributed by atoms with van der Waals surface area (Å²) in [6.07, 6.45) is 2.44. The first-order valence-electron chi connectivity index (χ1n) is 9.46. The smallest absolute Gasteiger partial charge is 0.230 e. The molecule has 1 aromatic heterocycles. The van der Waals surface area contributed by atoms with E-state index >= 15 is 0 Å². The summed E-state index contributed by atoms with van der Waals surface area (Å²) in [6.45, 7) is 2.99. The van der Waals surface area contributed by atoms with Gasteiger partial charge in [0, 0.05) is 51.7 Å². The van der Waals surface area contributed by atoms with Crippen LogP contribution < -0.4 is 0 Å². The lowest BCUT2D eigenvalue weighted by Crippen LogP contribution is -2.54. The standard InChI is InChI=1S/C21H27N3O3/c1-4-19(25)24-12-8-11-21(15-24,20(26)23(2)3)14-17-13-18(22-27-17)16-9-6-5-7-10-16/h5-7,9-10,13H,4,8,11-12,14-15H2,1-3H3/t21-/m0/s1. The molecule has 0 bridgehead atoms. The van der Waals surface area contributed by atoms with E-state index in [2.05, 4.69) is 5.16 Å². The van der Waals surface area contributed by atoms with Crippen molar-refractivity contribution in [1.29, 1.82) is 0 Å². The second-order valence-electron chi connectivity index (χ2n) is 7.47. The van der Waals surface area contributed by atoms with Crippen LogP contribution in [0.15, 0.2) is 40.9 Å². The summed E-state index contributed by atoms with van der Waals surface area (Å²) in [6, 6.07) is 11.7. The lowest BCUT2D eigenvalue weighted by Gasteiger charge is -2.42. The average molecular weight is 369 g/mol. The normalized spacial score (nSPS) is 19.7. The molecule has 0 aliphatic carbocycles. The molecule has 27 heavy (non-hydrogen) atoms. The first-order valence-corrected chi connectivity index (χ1v) is 9.46. The minimum atomic E-state index is -0.667. The number of carbonyl (C=O) groups excluding carboxylic acids is 2. The molecule has 1 atom stereocenters. The van der Waals surface area contributed by atoms with Gasteiger partial charge in [-0.15, -0.1) is 0 Å². The fraction of sp³-hybridized carbons (Fsp3) is 0.476. The van der Waals surface area contributed by atoms with Gasteiger partial charge in [-0.25, -0.2) is 0 Å². The van der Waals surface area contributed by atoms with E-state index in [1.54, 1.807) is 19.0 Å². The van der Waals surface area contributed by atoms with Crippen LogP contribution in [0, 0.1) is 5.41 Å². The monoisotopic (exact) mass is 369 g/mol. The number of nitrogens with zero attached hydrogens (tertiary/aromatic N) is 3. The lowest BCUT2D eigenvalue weighted by molar-refractivity contribution is -0.147.